The Kier molecular flexibility index (Phi) is 2.90. The van der Waals surface area contributed by atoms with Crippen LogP contribution in [0.4, 0.5) is 0 Å². The van der Waals surface area contributed by atoms with Crippen molar-refractivity contribution in [1.82, 2.24) is 0 Å². The van der Waals surface area contributed by atoms with Crippen LogP contribution in [0.5, 0.6) is 0 Å². The van der Waals surface area contributed by atoms with Gasteiger partial charge in [-0.1, -0.05) is 5.41 Å². The fourth-order valence-electron chi connectivity index (χ4n) is 2.13. The van der Waals surface area contributed by atoms with Crippen LogP contribution >= 0.6 is 0 Å². The second-order valence-corrected chi connectivity index (χ2v) is 4.03. The molecule has 0 aromatic rings. The summed E-state index contributed by atoms with van der Waals surface area (Å²) in [6.45, 7) is 4.85. The zero-order chi connectivity index (χ0) is 11.7. The Bertz CT molecular complexity index is 362. The monoisotopic (exact) mass is 225 g/mol. The highest BCUT2D eigenvalue weighted by atomic mass is 16.6. The standard InChI is InChI=1S/C10H13N2O4/c1-12-8(11)10(14)15-6-3-2-5-4-7(6)16-9(5)13/h1,5-7,10-11,14H,2-4H2/q+1. The number of hydrogen-bond donors (Lipinski definition) is 2. The van der Waals surface area contributed by atoms with Crippen LogP contribution in [-0.2, 0) is 14.3 Å². The van der Waals surface area contributed by atoms with Crippen molar-refractivity contribution in [1.29, 1.82) is 5.41 Å². The molecule has 4 atom stereocenters. The predicted molar refractivity (Wildman–Crippen MR) is 54.1 cm³/mol. The third-order valence-corrected chi connectivity index (χ3v) is 3.01. The summed E-state index contributed by atoms with van der Waals surface area (Å²) in [5.74, 6) is -0.656. The van der Waals surface area contributed by atoms with Gasteiger partial charge in [-0.2, -0.15) is 4.85 Å². The van der Waals surface area contributed by atoms with E-state index in [1.54, 1.807) is 0 Å². The van der Waals surface area contributed by atoms with E-state index in [0.717, 1.165) is 0 Å². The lowest BCUT2D eigenvalue weighted by Crippen LogP contribution is -2.37. The maximum absolute atomic E-state index is 11.3. The molecule has 2 rings (SSSR count). The van der Waals surface area contributed by atoms with Gasteiger partial charge in [0.2, 0.25) is 0 Å². The summed E-state index contributed by atoms with van der Waals surface area (Å²) in [7, 11) is 0. The van der Waals surface area contributed by atoms with Gasteiger partial charge in [-0.3, -0.25) is 4.79 Å². The Morgan fingerprint density at radius 1 is 1.69 bits per heavy atom. The average Bonchev–Trinajstić information content (AvgIpc) is 2.58. The van der Waals surface area contributed by atoms with E-state index in [1.807, 2.05) is 0 Å². The van der Waals surface area contributed by atoms with E-state index in [1.165, 1.54) is 0 Å². The van der Waals surface area contributed by atoms with Gasteiger partial charge in [-0.05, 0) is 12.8 Å². The number of carbonyl (C=O) groups excluding carboxylic acids is 1. The lowest BCUT2D eigenvalue weighted by Gasteiger charge is -2.26. The molecule has 2 N–H and O–H groups in total. The molecule has 6 nitrogen and oxygen atoms in total. The first-order valence-corrected chi connectivity index (χ1v) is 5.15. The molecule has 6 heteroatoms. The van der Waals surface area contributed by atoms with Crippen LogP contribution in [0.2, 0.25) is 0 Å². The van der Waals surface area contributed by atoms with Crippen molar-refractivity contribution in [3.63, 3.8) is 0 Å². The molecular weight excluding hydrogens is 212 g/mol. The Hall–Kier alpha value is -1.45. The van der Waals surface area contributed by atoms with Gasteiger partial charge >= 0.3 is 11.8 Å². The summed E-state index contributed by atoms with van der Waals surface area (Å²) in [6.07, 6.45) is -0.184. The predicted octanol–water partition coefficient (Wildman–Crippen LogP) is 0.355. The molecule has 86 valence electrons. The number of nitrogens with zero attached hydrogens (tertiary/aromatic N) is 1. The van der Waals surface area contributed by atoms with E-state index < -0.39 is 12.1 Å². The van der Waals surface area contributed by atoms with E-state index in [-0.39, 0.29) is 24.1 Å². The second kappa shape index (κ2) is 4.20. The third kappa shape index (κ3) is 1.92. The maximum Gasteiger partial charge on any atom is 0.449 e. The molecule has 2 aliphatic rings. The summed E-state index contributed by atoms with van der Waals surface area (Å²) >= 11 is 0. The number of ether oxygens (including phenoxy) is 2. The number of fused-ring (bicyclic) bond motifs is 2. The van der Waals surface area contributed by atoms with Gasteiger partial charge in [0, 0.05) is 6.42 Å². The molecule has 0 aromatic carbocycles. The van der Waals surface area contributed by atoms with Crippen molar-refractivity contribution in [3.05, 3.63) is 4.85 Å². The van der Waals surface area contributed by atoms with Gasteiger partial charge in [0.15, 0.2) is 0 Å². The molecule has 0 spiro atoms. The van der Waals surface area contributed by atoms with E-state index in [4.69, 9.17) is 21.5 Å². The van der Waals surface area contributed by atoms with Crippen molar-refractivity contribution in [3.8, 4) is 6.57 Å². The number of amidine groups is 1. The molecule has 1 saturated carbocycles. The molecule has 2 bridgehead atoms. The van der Waals surface area contributed by atoms with E-state index in [2.05, 4.69) is 4.85 Å². The van der Waals surface area contributed by atoms with Crippen LogP contribution in [0.25, 0.3) is 4.85 Å². The van der Waals surface area contributed by atoms with Gasteiger partial charge < -0.3 is 14.6 Å². The topological polar surface area (TPSA) is 84.0 Å². The largest absolute Gasteiger partial charge is 0.459 e. The fourth-order valence-corrected chi connectivity index (χ4v) is 2.13. The highest BCUT2D eigenvalue weighted by Gasteiger charge is 2.45. The first-order valence-electron chi connectivity index (χ1n) is 5.15. The third-order valence-electron chi connectivity index (χ3n) is 3.01. The number of hydrogen-bond acceptors (Lipinski definition) is 5. The van der Waals surface area contributed by atoms with Crippen molar-refractivity contribution in [2.45, 2.75) is 37.8 Å². The summed E-state index contributed by atoms with van der Waals surface area (Å²) in [6, 6.07) is 0. The first-order chi connectivity index (χ1) is 7.61. The van der Waals surface area contributed by atoms with Crippen molar-refractivity contribution in [2.24, 2.45) is 5.92 Å². The highest BCUT2D eigenvalue weighted by molar-refractivity contribution is 5.91. The lowest BCUT2D eigenvalue weighted by atomic mass is 9.88. The van der Waals surface area contributed by atoms with Crippen LogP contribution in [-0.4, -0.2) is 35.4 Å². The quantitative estimate of drug-likeness (QED) is 0.314. The van der Waals surface area contributed by atoms with Crippen molar-refractivity contribution >= 4 is 11.8 Å². The summed E-state index contributed by atoms with van der Waals surface area (Å²) < 4.78 is 10.3. The van der Waals surface area contributed by atoms with Crippen LogP contribution in [0.15, 0.2) is 0 Å². The smallest absolute Gasteiger partial charge is 0.449 e. The average molecular weight is 225 g/mol. The maximum atomic E-state index is 11.3. The zero-order valence-electron chi connectivity index (χ0n) is 8.63. The Morgan fingerprint density at radius 3 is 3.12 bits per heavy atom. The molecule has 1 saturated heterocycles. The minimum atomic E-state index is -1.45. The number of nitrogens with one attached hydrogen (secondary N) is 1. The lowest BCUT2D eigenvalue weighted by molar-refractivity contribution is -0.157. The van der Waals surface area contributed by atoms with Gasteiger partial charge in [-0.15, -0.1) is 0 Å². The molecule has 0 aromatic heterocycles. The molecule has 1 heterocycles. The number of aliphatic hydroxyl groups excluding tert-OH is 1. The number of rotatable bonds is 3. The normalized spacial score (nSPS) is 34.0. The summed E-state index contributed by atoms with van der Waals surface area (Å²) in [5, 5.41) is 16.6. The van der Waals surface area contributed by atoms with Crippen LogP contribution in [0, 0.1) is 17.9 Å². The van der Waals surface area contributed by atoms with Gasteiger partial charge in [0.1, 0.15) is 12.7 Å². The minimum absolute atomic E-state index is 0.0272. The Labute approximate surface area is 92.5 Å². The molecule has 0 amide bonds. The SMILES string of the molecule is C#[N+]C(=N)C(O)OC1CCC2CC1OC2=O. The zero-order valence-corrected chi connectivity index (χ0v) is 8.63. The molecule has 1 aliphatic carbocycles. The van der Waals surface area contributed by atoms with Crippen LogP contribution in [0.3, 0.4) is 0 Å². The van der Waals surface area contributed by atoms with E-state index in [9.17, 15) is 9.90 Å². The highest BCUT2D eigenvalue weighted by Crippen LogP contribution is 2.36. The number of esters is 1. The molecule has 4 unspecified atom stereocenters. The van der Waals surface area contributed by atoms with Gasteiger partial charge in [-0.25, -0.2) is 0 Å². The van der Waals surface area contributed by atoms with E-state index >= 15 is 0 Å². The van der Waals surface area contributed by atoms with Gasteiger partial charge in [0.25, 0.3) is 6.29 Å². The Balaban J connectivity index is 1.94. The van der Waals surface area contributed by atoms with Gasteiger partial charge in [0.05, 0.1) is 12.0 Å². The Morgan fingerprint density at radius 2 is 2.44 bits per heavy atom. The summed E-state index contributed by atoms with van der Waals surface area (Å²) in [5.41, 5.74) is 0. The second-order valence-electron chi connectivity index (χ2n) is 4.03. The number of aliphatic hydroxyl groups is 1. The van der Waals surface area contributed by atoms with Crippen molar-refractivity contribution < 1.29 is 19.4 Å². The molecule has 2 fully saturated rings. The molecule has 0 radical (unpaired) electrons. The minimum Gasteiger partial charge on any atom is -0.459 e. The summed E-state index contributed by atoms with van der Waals surface area (Å²) in [4.78, 5) is 14.3. The fraction of sp³-hybridized carbons (Fsp3) is 0.700. The van der Waals surface area contributed by atoms with Crippen LogP contribution in [0.1, 0.15) is 19.3 Å². The number of carbonyl (C=O) groups is 1. The molecule has 16 heavy (non-hydrogen) atoms. The molecule has 1 aliphatic heterocycles. The van der Waals surface area contributed by atoms with Crippen molar-refractivity contribution in [2.75, 3.05) is 0 Å². The van der Waals surface area contributed by atoms with E-state index in [0.29, 0.717) is 19.3 Å². The molecular formula is C10H13N2O4+. The first kappa shape index (κ1) is 11.0. The van der Waals surface area contributed by atoms with Crippen LogP contribution < -0.4 is 0 Å².